The van der Waals surface area contributed by atoms with E-state index in [1.807, 2.05) is 0 Å². The summed E-state index contributed by atoms with van der Waals surface area (Å²) < 4.78 is 0. The zero-order valence-corrected chi connectivity index (χ0v) is 13.4. The largest absolute Gasteiger partial charge is 0.0614 e. The molecule has 0 bridgehead atoms. The normalized spacial score (nSPS) is 18.8. The molecule has 0 amide bonds. The summed E-state index contributed by atoms with van der Waals surface area (Å²) in [6.07, 6.45) is 2.25. The van der Waals surface area contributed by atoms with E-state index in [2.05, 4.69) is 72.8 Å². The molecule has 0 aromatic heterocycles. The van der Waals surface area contributed by atoms with Crippen LogP contribution in [0.25, 0.3) is 21.5 Å². The van der Waals surface area contributed by atoms with Crippen LogP contribution in [0.15, 0.2) is 72.8 Å². The van der Waals surface area contributed by atoms with Crippen LogP contribution in [0.5, 0.6) is 0 Å². The lowest BCUT2D eigenvalue weighted by Gasteiger charge is -2.20. The van der Waals surface area contributed by atoms with Crippen molar-refractivity contribution in [3.8, 4) is 0 Å². The van der Waals surface area contributed by atoms with Gasteiger partial charge in [-0.2, -0.15) is 0 Å². The van der Waals surface area contributed by atoms with Crippen LogP contribution < -0.4 is 0 Å². The van der Waals surface area contributed by atoms with Gasteiger partial charge in [0.15, 0.2) is 0 Å². The van der Waals surface area contributed by atoms with Crippen LogP contribution in [0.1, 0.15) is 28.2 Å². The van der Waals surface area contributed by atoms with Crippen LogP contribution in [-0.4, -0.2) is 0 Å². The molecule has 4 aromatic carbocycles. The summed E-state index contributed by atoms with van der Waals surface area (Å²) in [6, 6.07) is 27.1. The molecule has 0 heteroatoms. The van der Waals surface area contributed by atoms with Gasteiger partial charge in [-0.3, -0.25) is 0 Å². The van der Waals surface area contributed by atoms with E-state index in [4.69, 9.17) is 0 Å². The van der Waals surface area contributed by atoms with E-state index >= 15 is 0 Å². The Labute approximate surface area is 141 Å². The van der Waals surface area contributed by atoms with Gasteiger partial charge in [0.25, 0.3) is 0 Å². The van der Waals surface area contributed by atoms with Crippen LogP contribution in [0.3, 0.4) is 0 Å². The Morgan fingerprint density at radius 3 is 2.12 bits per heavy atom. The molecule has 0 nitrogen and oxygen atoms in total. The summed E-state index contributed by atoms with van der Waals surface area (Å²) >= 11 is 0. The second-order valence-electron chi connectivity index (χ2n) is 7.14. The first-order chi connectivity index (χ1) is 11.9. The molecule has 0 fully saturated rings. The van der Waals surface area contributed by atoms with Crippen molar-refractivity contribution in [3.63, 3.8) is 0 Å². The van der Waals surface area contributed by atoms with Crippen molar-refractivity contribution in [3.05, 3.63) is 101 Å². The minimum absolute atomic E-state index is 0.532. The van der Waals surface area contributed by atoms with E-state index in [9.17, 15) is 0 Å². The van der Waals surface area contributed by atoms with Crippen molar-refractivity contribution in [2.75, 3.05) is 0 Å². The second kappa shape index (κ2) is 4.48. The average molecular weight is 305 g/mol. The highest BCUT2D eigenvalue weighted by molar-refractivity contribution is 5.96. The van der Waals surface area contributed by atoms with Crippen molar-refractivity contribution < 1.29 is 0 Å². The quantitative estimate of drug-likeness (QED) is 0.416. The third kappa shape index (κ3) is 1.54. The van der Waals surface area contributed by atoms with Gasteiger partial charge in [0.05, 0.1) is 0 Å². The van der Waals surface area contributed by atoms with Crippen LogP contribution in [0.4, 0.5) is 0 Å². The zero-order chi connectivity index (χ0) is 15.7. The number of benzene rings is 4. The summed E-state index contributed by atoms with van der Waals surface area (Å²) in [7, 11) is 0. The summed E-state index contributed by atoms with van der Waals surface area (Å²) in [5.74, 6) is 2.15. The monoisotopic (exact) mass is 305 g/mol. The molecule has 1 radical (unpaired) electrons. The Kier molecular flexibility index (Phi) is 2.38. The molecule has 2 aliphatic carbocycles. The maximum Gasteiger partial charge on any atom is 0.0178 e. The summed E-state index contributed by atoms with van der Waals surface area (Å²) in [5, 5.41) is 5.76. The van der Waals surface area contributed by atoms with E-state index in [1.54, 1.807) is 5.92 Å². The highest BCUT2D eigenvalue weighted by Crippen LogP contribution is 2.50. The third-order valence-electron chi connectivity index (χ3n) is 5.96. The molecule has 0 spiro atoms. The molecule has 1 atom stereocenters. The number of hydrogen-bond donors (Lipinski definition) is 0. The highest BCUT2D eigenvalue weighted by Gasteiger charge is 2.36. The Hall–Kier alpha value is -2.60. The van der Waals surface area contributed by atoms with Crippen molar-refractivity contribution in [2.24, 2.45) is 0 Å². The van der Waals surface area contributed by atoms with E-state index in [0.717, 1.165) is 12.8 Å². The molecule has 113 valence electrons. The van der Waals surface area contributed by atoms with E-state index in [-0.39, 0.29) is 0 Å². The van der Waals surface area contributed by atoms with Crippen LogP contribution >= 0.6 is 0 Å². The summed E-state index contributed by atoms with van der Waals surface area (Å²) in [4.78, 5) is 0. The molecule has 0 heterocycles. The van der Waals surface area contributed by atoms with Gasteiger partial charge in [0.1, 0.15) is 0 Å². The average Bonchev–Trinajstić information content (AvgIpc) is 3.18. The number of hydrogen-bond acceptors (Lipinski definition) is 0. The topological polar surface area (TPSA) is 0 Å². The standard InChI is InChI=1S/C24H17/c1-5-15-7-3-11-19-21(13-17(9-1)23(15)19)22-14-18-10-2-6-16-8-4-12-20(22)24(16)18/h1-12,21H,13-14H2. The Morgan fingerprint density at radius 1 is 0.625 bits per heavy atom. The first-order valence-corrected chi connectivity index (χ1v) is 8.77. The lowest BCUT2D eigenvalue weighted by molar-refractivity contribution is 0.725. The fourth-order valence-corrected chi connectivity index (χ4v) is 5.00. The van der Waals surface area contributed by atoms with Gasteiger partial charge < -0.3 is 0 Å². The Bertz CT molecular complexity index is 1020. The van der Waals surface area contributed by atoms with Crippen molar-refractivity contribution in [1.29, 1.82) is 0 Å². The van der Waals surface area contributed by atoms with E-state index < -0.39 is 0 Å². The molecular formula is C24H17. The van der Waals surface area contributed by atoms with Crippen LogP contribution in [0, 0.1) is 5.92 Å². The summed E-state index contributed by atoms with van der Waals surface area (Å²) in [5.41, 5.74) is 6.03. The molecule has 24 heavy (non-hydrogen) atoms. The third-order valence-corrected chi connectivity index (χ3v) is 5.96. The SMILES string of the molecule is c1cc2c3c(cccc3c1)[C](C1Cc3cccc4cccc1c34)C2. The molecule has 4 aromatic rings. The van der Waals surface area contributed by atoms with Gasteiger partial charge in [0.2, 0.25) is 0 Å². The summed E-state index contributed by atoms with van der Waals surface area (Å²) in [6.45, 7) is 0. The second-order valence-corrected chi connectivity index (χ2v) is 7.14. The molecule has 2 aliphatic rings. The predicted octanol–water partition coefficient (Wildman–Crippen LogP) is 5.81. The molecule has 0 saturated heterocycles. The minimum Gasteiger partial charge on any atom is -0.0614 e. The maximum atomic E-state index is 2.35. The van der Waals surface area contributed by atoms with Crippen molar-refractivity contribution in [1.82, 2.24) is 0 Å². The predicted molar refractivity (Wildman–Crippen MR) is 100 cm³/mol. The van der Waals surface area contributed by atoms with Crippen molar-refractivity contribution in [2.45, 2.75) is 18.8 Å². The van der Waals surface area contributed by atoms with E-state index in [0.29, 0.717) is 5.92 Å². The smallest absolute Gasteiger partial charge is 0.0178 e. The maximum absolute atomic E-state index is 2.35. The van der Waals surface area contributed by atoms with Gasteiger partial charge in [-0.05, 0) is 62.6 Å². The Balaban J connectivity index is 1.56. The fourth-order valence-electron chi connectivity index (χ4n) is 5.00. The van der Waals surface area contributed by atoms with Gasteiger partial charge in [-0.25, -0.2) is 0 Å². The molecule has 6 rings (SSSR count). The van der Waals surface area contributed by atoms with Gasteiger partial charge in [-0.15, -0.1) is 0 Å². The molecule has 0 saturated carbocycles. The van der Waals surface area contributed by atoms with Crippen LogP contribution in [0.2, 0.25) is 0 Å². The van der Waals surface area contributed by atoms with Crippen LogP contribution in [-0.2, 0) is 12.8 Å². The first kappa shape index (κ1) is 12.8. The lowest BCUT2D eigenvalue weighted by Crippen LogP contribution is -2.10. The van der Waals surface area contributed by atoms with Gasteiger partial charge >= 0.3 is 0 Å². The highest BCUT2D eigenvalue weighted by atomic mass is 14.4. The fraction of sp³-hybridized carbons (Fsp3) is 0.125. The number of rotatable bonds is 1. The molecule has 0 aliphatic heterocycles. The van der Waals surface area contributed by atoms with Crippen molar-refractivity contribution >= 4 is 21.5 Å². The molecule has 1 unspecified atom stereocenters. The molecular weight excluding hydrogens is 288 g/mol. The zero-order valence-electron chi connectivity index (χ0n) is 13.4. The van der Waals surface area contributed by atoms with Gasteiger partial charge in [-0.1, -0.05) is 72.8 Å². The minimum atomic E-state index is 0.532. The first-order valence-electron chi connectivity index (χ1n) is 8.77. The Morgan fingerprint density at radius 2 is 1.29 bits per heavy atom. The molecule has 0 N–H and O–H groups in total. The van der Waals surface area contributed by atoms with Gasteiger partial charge in [0, 0.05) is 5.92 Å². The van der Waals surface area contributed by atoms with E-state index in [1.165, 1.54) is 43.8 Å². The lowest BCUT2D eigenvalue weighted by atomic mass is 9.82.